The van der Waals surface area contributed by atoms with Gasteiger partial charge in [0.1, 0.15) is 22.3 Å². The minimum atomic E-state index is -0.392. The summed E-state index contributed by atoms with van der Waals surface area (Å²) in [5, 5.41) is 0. The van der Waals surface area contributed by atoms with Crippen molar-refractivity contribution in [3.05, 3.63) is 58.9 Å². The molecule has 0 radical (unpaired) electrons. The van der Waals surface area contributed by atoms with Crippen molar-refractivity contribution in [3.63, 3.8) is 0 Å². The lowest BCUT2D eigenvalue weighted by Crippen LogP contribution is -2.11. The summed E-state index contributed by atoms with van der Waals surface area (Å²) in [4.78, 5) is 0.111. The number of hydrogen-bond acceptors (Lipinski definition) is 2. The Balaban J connectivity index is 2.43. The number of rotatable bonds is 3. The number of hydrogen-bond donors (Lipinski definition) is 1. The maximum Gasteiger partial charge on any atom is 0.137 e. The molecule has 0 fully saturated rings. The molecule has 4 heteroatoms. The Kier molecular flexibility index (Phi) is 3.81. The molecular formula is C15H14FNOS. The highest BCUT2D eigenvalue weighted by molar-refractivity contribution is 7.80. The van der Waals surface area contributed by atoms with Crippen LogP contribution < -0.4 is 10.5 Å². The Morgan fingerprint density at radius 1 is 1.11 bits per heavy atom. The van der Waals surface area contributed by atoms with E-state index in [4.69, 9.17) is 22.7 Å². The van der Waals surface area contributed by atoms with Crippen molar-refractivity contribution in [2.24, 2.45) is 5.73 Å². The van der Waals surface area contributed by atoms with Crippen molar-refractivity contribution in [1.29, 1.82) is 0 Å². The number of aryl methyl sites for hydroxylation is 2. The molecule has 0 unspecified atom stereocenters. The highest BCUT2D eigenvalue weighted by Crippen LogP contribution is 2.29. The second-order valence-corrected chi connectivity index (χ2v) is 4.82. The summed E-state index contributed by atoms with van der Waals surface area (Å²) < 4.78 is 19.0. The largest absolute Gasteiger partial charge is 0.456 e. The third-order valence-corrected chi connectivity index (χ3v) is 2.99. The molecule has 0 bridgehead atoms. The predicted molar refractivity (Wildman–Crippen MR) is 78.3 cm³/mol. The number of thiocarbonyl (C=S) groups is 1. The fraction of sp³-hybridized carbons (Fsp3) is 0.133. The van der Waals surface area contributed by atoms with E-state index >= 15 is 0 Å². The van der Waals surface area contributed by atoms with Gasteiger partial charge >= 0.3 is 0 Å². The maximum absolute atomic E-state index is 13.2. The summed E-state index contributed by atoms with van der Waals surface area (Å²) in [5.74, 6) is 0.780. The minimum Gasteiger partial charge on any atom is -0.456 e. The van der Waals surface area contributed by atoms with Gasteiger partial charge in [-0.1, -0.05) is 24.4 Å². The molecule has 0 heterocycles. The van der Waals surface area contributed by atoms with Crippen LogP contribution in [0.5, 0.6) is 11.5 Å². The first kappa shape index (κ1) is 13.5. The third kappa shape index (κ3) is 3.09. The van der Waals surface area contributed by atoms with Gasteiger partial charge in [-0.15, -0.1) is 0 Å². The van der Waals surface area contributed by atoms with E-state index in [1.165, 1.54) is 18.2 Å². The first-order chi connectivity index (χ1) is 8.97. The molecule has 2 N–H and O–H groups in total. The van der Waals surface area contributed by atoms with Crippen LogP contribution in [0.1, 0.15) is 16.7 Å². The summed E-state index contributed by atoms with van der Waals surface area (Å²) in [6, 6.07) is 10.0. The summed E-state index contributed by atoms with van der Waals surface area (Å²) in [5.41, 5.74) is 8.06. The molecular weight excluding hydrogens is 261 g/mol. The highest BCUT2D eigenvalue weighted by atomic mass is 32.1. The van der Waals surface area contributed by atoms with Crippen molar-refractivity contribution in [1.82, 2.24) is 0 Å². The Morgan fingerprint density at radius 2 is 1.84 bits per heavy atom. The smallest absolute Gasteiger partial charge is 0.137 e. The van der Waals surface area contributed by atoms with Gasteiger partial charge in [-0.3, -0.25) is 0 Å². The molecule has 19 heavy (non-hydrogen) atoms. The fourth-order valence-corrected chi connectivity index (χ4v) is 1.88. The Hall–Kier alpha value is -1.94. The SMILES string of the molecule is Cc1ccc(C)c(Oc2ccc(F)cc2C(N)=S)c1. The van der Waals surface area contributed by atoms with Gasteiger partial charge in [-0.2, -0.15) is 0 Å². The number of ether oxygens (including phenoxy) is 1. The molecule has 2 nitrogen and oxygen atoms in total. The molecule has 2 aromatic rings. The summed E-state index contributed by atoms with van der Waals surface area (Å²) in [6.45, 7) is 3.92. The zero-order chi connectivity index (χ0) is 14.0. The van der Waals surface area contributed by atoms with E-state index in [0.717, 1.165) is 11.1 Å². The maximum atomic E-state index is 13.2. The number of halogens is 1. The number of benzene rings is 2. The van der Waals surface area contributed by atoms with Crippen molar-refractivity contribution >= 4 is 17.2 Å². The first-order valence-electron chi connectivity index (χ1n) is 5.82. The van der Waals surface area contributed by atoms with Gasteiger partial charge in [0.05, 0.1) is 5.56 Å². The lowest BCUT2D eigenvalue weighted by atomic mass is 10.1. The Bertz CT molecular complexity index is 640. The lowest BCUT2D eigenvalue weighted by Gasteiger charge is -2.13. The highest BCUT2D eigenvalue weighted by Gasteiger charge is 2.10. The van der Waals surface area contributed by atoms with Gasteiger partial charge in [0.2, 0.25) is 0 Å². The molecule has 0 aliphatic rings. The molecule has 0 amide bonds. The fourth-order valence-electron chi connectivity index (χ4n) is 1.72. The van der Waals surface area contributed by atoms with Crippen LogP contribution in [0.4, 0.5) is 4.39 Å². The summed E-state index contributed by atoms with van der Waals surface area (Å²) in [7, 11) is 0. The summed E-state index contributed by atoms with van der Waals surface area (Å²) in [6.07, 6.45) is 0. The van der Waals surface area contributed by atoms with E-state index in [-0.39, 0.29) is 4.99 Å². The van der Waals surface area contributed by atoms with Crippen LogP contribution in [-0.2, 0) is 0 Å². The molecule has 0 atom stereocenters. The van der Waals surface area contributed by atoms with Crippen molar-refractivity contribution in [2.75, 3.05) is 0 Å². The van der Waals surface area contributed by atoms with E-state index in [0.29, 0.717) is 17.1 Å². The Morgan fingerprint density at radius 3 is 2.53 bits per heavy atom. The van der Waals surface area contributed by atoms with Gasteiger partial charge in [0.15, 0.2) is 0 Å². The average molecular weight is 275 g/mol. The molecule has 0 aliphatic heterocycles. The van der Waals surface area contributed by atoms with E-state index in [1.54, 1.807) is 0 Å². The standard InChI is InChI=1S/C15H14FNOS/c1-9-3-4-10(2)14(7-9)18-13-6-5-11(16)8-12(13)15(17)19/h3-8H,1-2H3,(H2,17,19). The molecule has 98 valence electrons. The molecule has 0 aromatic heterocycles. The molecule has 0 saturated carbocycles. The van der Waals surface area contributed by atoms with Crippen LogP contribution in [0, 0.1) is 19.7 Å². The molecule has 2 aromatic carbocycles. The quantitative estimate of drug-likeness (QED) is 0.864. The Labute approximate surface area is 117 Å². The summed E-state index contributed by atoms with van der Waals surface area (Å²) >= 11 is 4.92. The van der Waals surface area contributed by atoms with Crippen LogP contribution in [0.15, 0.2) is 36.4 Å². The van der Waals surface area contributed by atoms with Gasteiger partial charge < -0.3 is 10.5 Å². The second kappa shape index (κ2) is 5.36. The third-order valence-electron chi connectivity index (χ3n) is 2.77. The van der Waals surface area contributed by atoms with Crippen molar-refractivity contribution in [3.8, 4) is 11.5 Å². The predicted octanol–water partition coefficient (Wildman–Crippen LogP) is 3.87. The second-order valence-electron chi connectivity index (χ2n) is 4.38. The van der Waals surface area contributed by atoms with Gasteiger partial charge in [-0.25, -0.2) is 4.39 Å². The zero-order valence-electron chi connectivity index (χ0n) is 10.7. The van der Waals surface area contributed by atoms with Crippen LogP contribution >= 0.6 is 12.2 Å². The van der Waals surface area contributed by atoms with Crippen LogP contribution in [0.25, 0.3) is 0 Å². The average Bonchev–Trinajstić information content (AvgIpc) is 2.35. The van der Waals surface area contributed by atoms with Gasteiger partial charge in [-0.05, 0) is 49.2 Å². The van der Waals surface area contributed by atoms with E-state index in [1.807, 2.05) is 32.0 Å². The monoisotopic (exact) mass is 275 g/mol. The zero-order valence-corrected chi connectivity index (χ0v) is 11.6. The van der Waals surface area contributed by atoms with E-state index in [9.17, 15) is 4.39 Å². The molecule has 0 spiro atoms. The van der Waals surface area contributed by atoms with Crippen LogP contribution in [-0.4, -0.2) is 4.99 Å². The van der Waals surface area contributed by atoms with Gasteiger partial charge in [0, 0.05) is 0 Å². The molecule has 2 rings (SSSR count). The van der Waals surface area contributed by atoms with Crippen LogP contribution in [0.3, 0.4) is 0 Å². The molecule has 0 aliphatic carbocycles. The number of nitrogens with two attached hydrogens (primary N) is 1. The first-order valence-corrected chi connectivity index (χ1v) is 6.22. The van der Waals surface area contributed by atoms with Crippen LogP contribution in [0.2, 0.25) is 0 Å². The molecule has 0 saturated heterocycles. The van der Waals surface area contributed by atoms with E-state index in [2.05, 4.69) is 0 Å². The minimum absolute atomic E-state index is 0.111. The van der Waals surface area contributed by atoms with Gasteiger partial charge in [0.25, 0.3) is 0 Å². The topological polar surface area (TPSA) is 35.2 Å². The van der Waals surface area contributed by atoms with Crippen molar-refractivity contribution in [2.45, 2.75) is 13.8 Å². The lowest BCUT2D eigenvalue weighted by molar-refractivity contribution is 0.475. The van der Waals surface area contributed by atoms with E-state index < -0.39 is 5.82 Å². The normalized spacial score (nSPS) is 10.3. The van der Waals surface area contributed by atoms with Crippen molar-refractivity contribution < 1.29 is 9.13 Å².